The summed E-state index contributed by atoms with van der Waals surface area (Å²) in [7, 11) is 0.911. The lowest BCUT2D eigenvalue weighted by atomic mass is 9.93. The molecular formula is C21H25NO2S. The van der Waals surface area contributed by atoms with E-state index in [1.807, 2.05) is 12.1 Å². The highest BCUT2D eigenvalue weighted by Crippen LogP contribution is 2.35. The summed E-state index contributed by atoms with van der Waals surface area (Å²) in [6, 6.07) is 14.0. The molecule has 0 radical (unpaired) electrons. The molecule has 1 aliphatic carbocycles. The van der Waals surface area contributed by atoms with Crippen molar-refractivity contribution in [3.05, 3.63) is 70.8 Å². The van der Waals surface area contributed by atoms with Crippen molar-refractivity contribution in [1.29, 1.82) is 0 Å². The van der Waals surface area contributed by atoms with Crippen LogP contribution < -0.4 is 0 Å². The van der Waals surface area contributed by atoms with Crippen LogP contribution in [0, 0.1) is 0 Å². The molecule has 25 heavy (non-hydrogen) atoms. The molecule has 0 atom stereocenters. The first kappa shape index (κ1) is 17.9. The Balaban J connectivity index is 2.17. The minimum atomic E-state index is -3.22. The summed E-state index contributed by atoms with van der Waals surface area (Å²) in [4.78, 5) is 2.55. The predicted molar refractivity (Wildman–Crippen MR) is 104 cm³/mol. The van der Waals surface area contributed by atoms with E-state index in [-0.39, 0.29) is 0 Å². The highest BCUT2D eigenvalue weighted by molar-refractivity contribution is 7.90. The van der Waals surface area contributed by atoms with Crippen molar-refractivity contribution in [3.63, 3.8) is 0 Å². The second kappa shape index (κ2) is 7.14. The van der Waals surface area contributed by atoms with E-state index in [2.05, 4.69) is 49.3 Å². The molecule has 0 heterocycles. The molecule has 0 unspecified atom stereocenters. The van der Waals surface area contributed by atoms with Crippen LogP contribution >= 0.6 is 0 Å². The minimum absolute atomic E-state index is 0.393. The maximum absolute atomic E-state index is 12.0. The summed E-state index contributed by atoms with van der Waals surface area (Å²) in [6.45, 7) is 0.965. The molecule has 0 amide bonds. The van der Waals surface area contributed by atoms with Gasteiger partial charge in [0.1, 0.15) is 0 Å². The van der Waals surface area contributed by atoms with Gasteiger partial charge in [-0.2, -0.15) is 0 Å². The molecule has 0 saturated heterocycles. The minimum Gasteiger partial charge on any atom is -0.309 e. The van der Waals surface area contributed by atoms with Gasteiger partial charge in [-0.25, -0.2) is 8.42 Å². The van der Waals surface area contributed by atoms with Crippen molar-refractivity contribution in [2.24, 2.45) is 0 Å². The van der Waals surface area contributed by atoms with E-state index in [1.165, 1.54) is 22.9 Å². The number of rotatable bonds is 4. The normalized spacial score (nSPS) is 15.8. The van der Waals surface area contributed by atoms with Crippen molar-refractivity contribution in [3.8, 4) is 0 Å². The van der Waals surface area contributed by atoms with Crippen molar-refractivity contribution >= 4 is 15.4 Å². The molecule has 3 nitrogen and oxygen atoms in total. The summed E-state index contributed by atoms with van der Waals surface area (Å²) >= 11 is 0. The molecule has 0 N–H and O–H groups in total. The highest BCUT2D eigenvalue weighted by Gasteiger charge is 2.20. The first-order chi connectivity index (χ1) is 11.9. The Morgan fingerprint density at radius 3 is 2.36 bits per heavy atom. The van der Waals surface area contributed by atoms with Gasteiger partial charge in [0.15, 0.2) is 9.84 Å². The third-order valence-corrected chi connectivity index (χ3v) is 5.81. The Bertz CT molecular complexity index is 911. The van der Waals surface area contributed by atoms with Crippen molar-refractivity contribution in [1.82, 2.24) is 4.90 Å². The molecule has 4 heteroatoms. The summed E-state index contributed by atoms with van der Waals surface area (Å²) < 4.78 is 24.1. The van der Waals surface area contributed by atoms with Crippen molar-refractivity contribution in [2.45, 2.75) is 24.2 Å². The second-order valence-electron chi connectivity index (χ2n) is 6.96. The van der Waals surface area contributed by atoms with Crippen molar-refractivity contribution < 1.29 is 8.42 Å². The van der Waals surface area contributed by atoms with E-state index in [4.69, 9.17) is 0 Å². The molecule has 0 fully saturated rings. The molecule has 0 saturated carbocycles. The van der Waals surface area contributed by atoms with Crippen molar-refractivity contribution in [2.75, 3.05) is 26.9 Å². The molecular weight excluding hydrogens is 330 g/mol. The van der Waals surface area contributed by atoms with Crippen LogP contribution in [0.3, 0.4) is 0 Å². The fourth-order valence-electron chi connectivity index (χ4n) is 3.36. The monoisotopic (exact) mass is 355 g/mol. The SMILES string of the molecule is CN(C)CC/C=C1/c2ccccc2CCc2ccc(S(C)(=O)=O)cc21. The van der Waals surface area contributed by atoms with E-state index in [0.717, 1.165) is 36.9 Å². The summed E-state index contributed by atoms with van der Waals surface area (Å²) in [5.74, 6) is 0. The van der Waals surface area contributed by atoms with E-state index in [1.54, 1.807) is 6.07 Å². The topological polar surface area (TPSA) is 37.4 Å². The number of hydrogen-bond acceptors (Lipinski definition) is 3. The van der Waals surface area contributed by atoms with Gasteiger partial charge in [-0.15, -0.1) is 0 Å². The van der Waals surface area contributed by atoms with Crippen LogP contribution in [0.1, 0.15) is 28.7 Å². The first-order valence-electron chi connectivity index (χ1n) is 8.63. The van der Waals surface area contributed by atoms with Crippen LogP contribution in [-0.4, -0.2) is 40.2 Å². The van der Waals surface area contributed by atoms with Crippen LogP contribution in [0.25, 0.3) is 5.57 Å². The summed E-state index contributed by atoms with van der Waals surface area (Å²) in [5.41, 5.74) is 6.00. The van der Waals surface area contributed by atoms with Crippen LogP contribution in [0.5, 0.6) is 0 Å². The van der Waals surface area contributed by atoms with Gasteiger partial charge in [-0.1, -0.05) is 36.4 Å². The Morgan fingerprint density at radius 2 is 1.68 bits per heavy atom. The molecule has 0 aliphatic heterocycles. The van der Waals surface area contributed by atoms with Gasteiger partial charge in [0.2, 0.25) is 0 Å². The molecule has 0 spiro atoms. The average Bonchev–Trinajstić information content (AvgIpc) is 2.71. The van der Waals surface area contributed by atoms with Crippen LogP contribution in [0.2, 0.25) is 0 Å². The van der Waals surface area contributed by atoms with Gasteiger partial charge in [0.25, 0.3) is 0 Å². The Morgan fingerprint density at radius 1 is 1.00 bits per heavy atom. The third kappa shape index (κ3) is 4.02. The average molecular weight is 356 g/mol. The number of benzene rings is 2. The maximum atomic E-state index is 12.0. The fraction of sp³-hybridized carbons (Fsp3) is 0.333. The fourth-order valence-corrected chi connectivity index (χ4v) is 4.00. The van der Waals surface area contributed by atoms with Crippen LogP contribution in [0.15, 0.2) is 53.4 Å². The van der Waals surface area contributed by atoms with Gasteiger partial charge in [0.05, 0.1) is 4.90 Å². The van der Waals surface area contributed by atoms with Crippen LogP contribution in [0.4, 0.5) is 0 Å². The Hall–Kier alpha value is -1.91. The zero-order chi connectivity index (χ0) is 18.0. The molecule has 1 aliphatic rings. The summed E-state index contributed by atoms with van der Waals surface area (Å²) in [6.07, 6.45) is 6.37. The number of hydrogen-bond donors (Lipinski definition) is 0. The standard InChI is InChI=1S/C21H25NO2S/c1-22(2)14-6-9-20-19-8-5-4-7-16(19)10-11-17-12-13-18(15-21(17)20)25(3,23)24/h4-5,7-9,12-13,15H,6,10-11,14H2,1-3H3/b20-9-. The molecule has 3 rings (SSSR count). The van der Waals surface area contributed by atoms with Gasteiger partial charge in [-0.3, -0.25) is 0 Å². The number of aryl methyl sites for hydroxylation is 2. The molecule has 2 aromatic carbocycles. The van der Waals surface area contributed by atoms with Gasteiger partial charge in [-0.05, 0) is 73.3 Å². The zero-order valence-corrected chi connectivity index (χ0v) is 15.9. The van der Waals surface area contributed by atoms with E-state index in [9.17, 15) is 8.42 Å². The largest absolute Gasteiger partial charge is 0.309 e. The van der Waals surface area contributed by atoms with Gasteiger partial charge in [0, 0.05) is 12.8 Å². The van der Waals surface area contributed by atoms with Crippen LogP contribution in [-0.2, 0) is 22.7 Å². The molecule has 0 aromatic heterocycles. The smallest absolute Gasteiger partial charge is 0.175 e. The predicted octanol–water partition coefficient (Wildman–Crippen LogP) is 3.57. The lowest BCUT2D eigenvalue weighted by Crippen LogP contribution is -2.12. The zero-order valence-electron chi connectivity index (χ0n) is 15.1. The van der Waals surface area contributed by atoms with Gasteiger partial charge < -0.3 is 4.90 Å². The molecule has 132 valence electrons. The second-order valence-corrected chi connectivity index (χ2v) is 8.97. The number of fused-ring (bicyclic) bond motifs is 2. The van der Waals surface area contributed by atoms with E-state index in [0.29, 0.717) is 4.90 Å². The molecule has 0 bridgehead atoms. The first-order valence-corrected chi connectivity index (χ1v) is 10.5. The number of nitrogens with zero attached hydrogens (tertiary/aromatic N) is 1. The highest BCUT2D eigenvalue weighted by atomic mass is 32.2. The Kier molecular flexibility index (Phi) is 5.11. The summed E-state index contributed by atoms with van der Waals surface area (Å²) in [5, 5.41) is 0. The Labute approximate surface area is 150 Å². The quantitative estimate of drug-likeness (QED) is 0.841. The van der Waals surface area contributed by atoms with Gasteiger partial charge >= 0.3 is 0 Å². The lowest BCUT2D eigenvalue weighted by molar-refractivity contribution is 0.417. The van der Waals surface area contributed by atoms with E-state index >= 15 is 0 Å². The number of sulfone groups is 1. The lowest BCUT2D eigenvalue weighted by Gasteiger charge is -2.14. The third-order valence-electron chi connectivity index (χ3n) is 4.70. The van der Waals surface area contributed by atoms with E-state index < -0.39 is 9.84 Å². The maximum Gasteiger partial charge on any atom is 0.175 e. The molecule has 2 aromatic rings.